The van der Waals surface area contributed by atoms with Crippen molar-refractivity contribution in [1.29, 1.82) is 0 Å². The third-order valence-electron chi connectivity index (χ3n) is 2.65. The van der Waals surface area contributed by atoms with Gasteiger partial charge in [0.2, 0.25) is 5.82 Å². The first-order valence-electron chi connectivity index (χ1n) is 5.95. The average molecular weight is 279 g/mol. The molecule has 0 aliphatic heterocycles. The van der Waals surface area contributed by atoms with Crippen molar-refractivity contribution < 1.29 is 4.79 Å². The highest BCUT2D eigenvalue weighted by Crippen LogP contribution is 2.22. The molecule has 102 valence electrons. The maximum atomic E-state index is 12.0. The van der Waals surface area contributed by atoms with E-state index in [1.54, 1.807) is 0 Å². The molecule has 2 heterocycles. The van der Waals surface area contributed by atoms with E-state index in [9.17, 15) is 4.79 Å². The Bertz CT molecular complexity index is 588. The van der Waals surface area contributed by atoms with Gasteiger partial charge in [0.1, 0.15) is 5.82 Å². The monoisotopic (exact) mass is 279 g/mol. The third kappa shape index (κ3) is 2.98. The van der Waals surface area contributed by atoms with Crippen LogP contribution in [-0.4, -0.2) is 26.1 Å². The number of nitrogens with zero attached hydrogens (tertiary/aromatic N) is 3. The number of hydrogen-bond donors (Lipinski definition) is 2. The van der Waals surface area contributed by atoms with Crippen LogP contribution in [-0.2, 0) is 5.41 Å². The van der Waals surface area contributed by atoms with Crippen LogP contribution >= 0.6 is 11.3 Å². The summed E-state index contributed by atoms with van der Waals surface area (Å²) in [5.41, 5.74) is 0.755. The van der Waals surface area contributed by atoms with Crippen LogP contribution in [0.25, 0.3) is 0 Å². The second kappa shape index (κ2) is 4.73. The van der Waals surface area contributed by atoms with Crippen molar-refractivity contribution in [3.63, 3.8) is 0 Å². The smallest absolute Gasteiger partial charge is 0.295 e. The molecule has 0 saturated carbocycles. The molecule has 0 aliphatic carbocycles. The molecule has 0 unspecified atom stereocenters. The van der Waals surface area contributed by atoms with Gasteiger partial charge in [-0.1, -0.05) is 20.8 Å². The molecule has 0 spiro atoms. The maximum absolute atomic E-state index is 12.0. The van der Waals surface area contributed by atoms with Crippen LogP contribution in [0.5, 0.6) is 0 Å². The molecule has 0 aromatic carbocycles. The summed E-state index contributed by atoms with van der Waals surface area (Å²) in [6, 6.07) is 0. The van der Waals surface area contributed by atoms with Gasteiger partial charge in [0.15, 0.2) is 5.13 Å². The third-order valence-corrected chi connectivity index (χ3v) is 3.64. The molecule has 0 radical (unpaired) electrons. The molecule has 6 nitrogen and oxygen atoms in total. The van der Waals surface area contributed by atoms with E-state index in [0.29, 0.717) is 11.0 Å². The molecule has 19 heavy (non-hydrogen) atoms. The molecule has 0 bridgehead atoms. The Kier molecular flexibility index (Phi) is 3.40. The Morgan fingerprint density at radius 1 is 1.26 bits per heavy atom. The zero-order valence-electron chi connectivity index (χ0n) is 11.7. The lowest BCUT2D eigenvalue weighted by molar-refractivity contribution is 0.101. The number of H-pyrrole nitrogens is 1. The Hall–Kier alpha value is -1.76. The number of carbonyl (C=O) groups excluding carboxylic acids is 1. The number of amides is 1. The Morgan fingerprint density at radius 3 is 2.42 bits per heavy atom. The molecular weight excluding hydrogens is 262 g/mol. The number of aromatic amines is 1. The molecule has 2 aromatic heterocycles. The van der Waals surface area contributed by atoms with Crippen LogP contribution in [0.4, 0.5) is 5.13 Å². The summed E-state index contributed by atoms with van der Waals surface area (Å²) < 4.78 is 0. The predicted octanol–water partition coefficient (Wildman–Crippen LogP) is 2.43. The van der Waals surface area contributed by atoms with Gasteiger partial charge in [-0.2, -0.15) is 0 Å². The molecule has 0 fully saturated rings. The molecule has 0 aliphatic rings. The molecule has 0 atom stereocenters. The minimum absolute atomic E-state index is 0.135. The topological polar surface area (TPSA) is 83.6 Å². The number of aromatic nitrogens is 4. The van der Waals surface area contributed by atoms with Gasteiger partial charge in [0.05, 0.1) is 5.69 Å². The van der Waals surface area contributed by atoms with E-state index in [-0.39, 0.29) is 17.1 Å². The number of carbonyl (C=O) groups is 1. The number of anilines is 1. The van der Waals surface area contributed by atoms with Crippen molar-refractivity contribution in [2.45, 2.75) is 40.0 Å². The van der Waals surface area contributed by atoms with Gasteiger partial charge in [0, 0.05) is 10.3 Å². The van der Waals surface area contributed by atoms with Crippen LogP contribution in [0.2, 0.25) is 0 Å². The van der Waals surface area contributed by atoms with Crippen molar-refractivity contribution in [1.82, 2.24) is 20.2 Å². The predicted molar refractivity (Wildman–Crippen MR) is 74.6 cm³/mol. The molecule has 0 saturated heterocycles. The van der Waals surface area contributed by atoms with E-state index in [0.717, 1.165) is 10.6 Å². The summed E-state index contributed by atoms with van der Waals surface area (Å²) in [6.45, 7) is 9.88. The quantitative estimate of drug-likeness (QED) is 0.884. The lowest BCUT2D eigenvalue weighted by Crippen LogP contribution is -2.16. The highest BCUT2D eigenvalue weighted by molar-refractivity contribution is 7.15. The van der Waals surface area contributed by atoms with Gasteiger partial charge >= 0.3 is 0 Å². The Labute approximate surface area is 115 Å². The minimum Gasteiger partial charge on any atom is -0.295 e. The fraction of sp³-hybridized carbons (Fsp3) is 0.500. The number of thiazole rings is 1. The SMILES string of the molecule is Cc1nc(NC(=O)c2n[nH]c(C(C)(C)C)n2)sc1C. The van der Waals surface area contributed by atoms with Crippen molar-refractivity contribution >= 4 is 22.4 Å². The van der Waals surface area contributed by atoms with Gasteiger partial charge in [-0.05, 0) is 13.8 Å². The normalized spacial score (nSPS) is 11.6. The summed E-state index contributed by atoms with van der Waals surface area (Å²) in [4.78, 5) is 21.5. The molecule has 7 heteroatoms. The molecule has 1 amide bonds. The first-order chi connectivity index (χ1) is 8.77. The van der Waals surface area contributed by atoms with E-state index >= 15 is 0 Å². The molecule has 2 rings (SSSR count). The van der Waals surface area contributed by atoms with Crippen LogP contribution in [0.1, 0.15) is 47.8 Å². The lowest BCUT2D eigenvalue weighted by atomic mass is 9.96. The second-order valence-corrected chi connectivity index (χ2v) is 6.58. The van der Waals surface area contributed by atoms with Gasteiger partial charge in [-0.15, -0.1) is 16.4 Å². The molecule has 2 N–H and O–H groups in total. The fourth-order valence-electron chi connectivity index (χ4n) is 1.38. The maximum Gasteiger partial charge on any atom is 0.297 e. The van der Waals surface area contributed by atoms with Crippen LogP contribution in [0.3, 0.4) is 0 Å². The highest BCUT2D eigenvalue weighted by atomic mass is 32.1. The van der Waals surface area contributed by atoms with E-state index < -0.39 is 0 Å². The molecule has 2 aromatic rings. The van der Waals surface area contributed by atoms with Gasteiger partial charge < -0.3 is 0 Å². The Morgan fingerprint density at radius 2 is 1.95 bits per heavy atom. The second-order valence-electron chi connectivity index (χ2n) is 5.37. The fourth-order valence-corrected chi connectivity index (χ4v) is 2.19. The van der Waals surface area contributed by atoms with Gasteiger partial charge in [-0.3, -0.25) is 15.2 Å². The van der Waals surface area contributed by atoms with Crippen molar-refractivity contribution in [2.24, 2.45) is 0 Å². The summed E-state index contributed by atoms with van der Waals surface area (Å²) >= 11 is 1.44. The lowest BCUT2D eigenvalue weighted by Gasteiger charge is -2.12. The van der Waals surface area contributed by atoms with E-state index in [1.807, 2.05) is 34.6 Å². The van der Waals surface area contributed by atoms with Crippen molar-refractivity contribution in [3.05, 3.63) is 22.2 Å². The van der Waals surface area contributed by atoms with Gasteiger partial charge in [0.25, 0.3) is 5.91 Å². The van der Waals surface area contributed by atoms with Crippen LogP contribution in [0.15, 0.2) is 0 Å². The Balaban J connectivity index is 2.14. The largest absolute Gasteiger partial charge is 0.297 e. The van der Waals surface area contributed by atoms with E-state index in [1.165, 1.54) is 11.3 Å². The number of hydrogen-bond acceptors (Lipinski definition) is 5. The van der Waals surface area contributed by atoms with Crippen molar-refractivity contribution in [3.8, 4) is 0 Å². The zero-order chi connectivity index (χ0) is 14.2. The number of nitrogens with one attached hydrogen (secondary N) is 2. The average Bonchev–Trinajstić information content (AvgIpc) is 2.86. The standard InChI is InChI=1S/C12H17N5OS/c1-6-7(2)19-11(13-6)15-9(18)8-14-10(17-16-8)12(3,4)5/h1-5H3,(H,13,15,18)(H,14,16,17). The summed E-state index contributed by atoms with van der Waals surface area (Å²) in [7, 11) is 0. The van der Waals surface area contributed by atoms with E-state index in [4.69, 9.17) is 0 Å². The highest BCUT2D eigenvalue weighted by Gasteiger charge is 2.21. The summed E-state index contributed by atoms with van der Waals surface area (Å²) in [5.74, 6) is 0.472. The van der Waals surface area contributed by atoms with Crippen LogP contribution < -0.4 is 5.32 Å². The first kappa shape index (κ1) is 13.7. The van der Waals surface area contributed by atoms with E-state index in [2.05, 4.69) is 25.5 Å². The first-order valence-corrected chi connectivity index (χ1v) is 6.77. The summed E-state index contributed by atoms with van der Waals surface area (Å²) in [6.07, 6.45) is 0. The van der Waals surface area contributed by atoms with Crippen LogP contribution in [0, 0.1) is 13.8 Å². The molecular formula is C12H17N5OS. The van der Waals surface area contributed by atoms with Crippen molar-refractivity contribution in [2.75, 3.05) is 5.32 Å². The minimum atomic E-state index is -0.347. The zero-order valence-corrected chi connectivity index (χ0v) is 12.5. The number of rotatable bonds is 2. The summed E-state index contributed by atoms with van der Waals surface area (Å²) in [5, 5.41) is 10.0. The number of aryl methyl sites for hydroxylation is 2. The van der Waals surface area contributed by atoms with Gasteiger partial charge in [-0.25, -0.2) is 9.97 Å².